The molecule has 1 aromatic heterocycles. The normalized spacial score (nSPS) is 10.7. The van der Waals surface area contributed by atoms with Crippen LogP contribution < -0.4 is 14.8 Å². The summed E-state index contributed by atoms with van der Waals surface area (Å²) in [4.78, 5) is 15.7. The molecule has 0 saturated heterocycles. The molecule has 5 nitrogen and oxygen atoms in total. The third-order valence-electron chi connectivity index (χ3n) is 4.30. The van der Waals surface area contributed by atoms with Crippen molar-refractivity contribution in [2.45, 2.75) is 19.9 Å². The Labute approximate surface area is 147 Å². The van der Waals surface area contributed by atoms with Crippen molar-refractivity contribution in [1.29, 1.82) is 0 Å². The summed E-state index contributed by atoms with van der Waals surface area (Å²) in [6, 6.07) is 13.7. The minimum atomic E-state index is -0.0114. The molecule has 0 aliphatic carbocycles. The summed E-state index contributed by atoms with van der Waals surface area (Å²) < 4.78 is 10.5. The fourth-order valence-electron chi connectivity index (χ4n) is 2.98. The number of benzene rings is 2. The predicted octanol–water partition coefficient (Wildman–Crippen LogP) is 3.35. The highest BCUT2D eigenvalue weighted by Gasteiger charge is 2.12. The number of aromatic nitrogens is 1. The number of amides is 1. The molecule has 5 heteroatoms. The largest absolute Gasteiger partial charge is 0.493 e. The summed E-state index contributed by atoms with van der Waals surface area (Å²) in [5.41, 5.74) is 4.09. The average molecular weight is 338 g/mol. The number of methoxy groups -OCH3 is 2. The van der Waals surface area contributed by atoms with Crippen LogP contribution in [0.2, 0.25) is 0 Å². The summed E-state index contributed by atoms with van der Waals surface area (Å²) >= 11 is 0. The Bertz CT molecular complexity index is 899. The molecule has 0 aliphatic heterocycles. The lowest BCUT2D eigenvalue weighted by molar-refractivity contribution is -0.120. The summed E-state index contributed by atoms with van der Waals surface area (Å²) in [5, 5.41) is 4.07. The van der Waals surface area contributed by atoms with Crippen LogP contribution >= 0.6 is 0 Å². The maximum absolute atomic E-state index is 12.4. The Morgan fingerprint density at radius 1 is 1.08 bits per heavy atom. The van der Waals surface area contributed by atoms with Crippen molar-refractivity contribution in [2.75, 3.05) is 14.2 Å². The molecule has 1 amide bonds. The summed E-state index contributed by atoms with van der Waals surface area (Å²) in [5.74, 6) is 1.32. The molecule has 0 saturated carbocycles. The molecular weight excluding hydrogens is 316 g/mol. The zero-order chi connectivity index (χ0) is 17.8. The monoisotopic (exact) mass is 338 g/mol. The smallest absolute Gasteiger partial charge is 0.224 e. The van der Waals surface area contributed by atoms with E-state index in [1.807, 2.05) is 49.4 Å². The molecule has 0 fully saturated rings. The Balaban J connectivity index is 1.68. The molecule has 130 valence electrons. The first-order chi connectivity index (χ1) is 12.1. The lowest BCUT2D eigenvalue weighted by Crippen LogP contribution is -2.24. The number of aryl methyl sites for hydroxylation is 1. The fraction of sp³-hybridized carbons (Fsp3) is 0.250. The van der Waals surface area contributed by atoms with Crippen molar-refractivity contribution >= 4 is 16.8 Å². The van der Waals surface area contributed by atoms with Crippen LogP contribution in [0.1, 0.15) is 16.8 Å². The lowest BCUT2D eigenvalue weighted by atomic mass is 10.1. The van der Waals surface area contributed by atoms with E-state index in [0.717, 1.165) is 27.7 Å². The number of ether oxygens (including phenoxy) is 2. The molecule has 0 bridgehead atoms. The van der Waals surface area contributed by atoms with Gasteiger partial charge < -0.3 is 19.8 Å². The third kappa shape index (κ3) is 3.60. The van der Waals surface area contributed by atoms with Gasteiger partial charge in [-0.3, -0.25) is 4.79 Å². The van der Waals surface area contributed by atoms with E-state index >= 15 is 0 Å². The molecule has 0 unspecified atom stereocenters. The van der Waals surface area contributed by atoms with E-state index in [0.29, 0.717) is 24.5 Å². The number of H-pyrrole nitrogens is 1. The zero-order valence-electron chi connectivity index (χ0n) is 14.7. The van der Waals surface area contributed by atoms with E-state index in [2.05, 4.69) is 10.3 Å². The molecule has 0 radical (unpaired) electrons. The molecular formula is C20H22N2O3. The standard InChI is InChI=1S/C20H22N2O3/c1-13-16(15-6-4-5-7-17(15)22-13)11-20(23)21-12-14-8-9-18(24-2)19(10-14)25-3/h4-10,22H,11-12H2,1-3H3,(H,21,23). The molecule has 1 heterocycles. The first-order valence-corrected chi connectivity index (χ1v) is 8.16. The van der Waals surface area contributed by atoms with Crippen molar-refractivity contribution in [3.05, 3.63) is 59.3 Å². The number of nitrogens with one attached hydrogen (secondary N) is 2. The maximum atomic E-state index is 12.4. The molecule has 3 aromatic rings. The quantitative estimate of drug-likeness (QED) is 0.724. The molecule has 2 N–H and O–H groups in total. The minimum absolute atomic E-state index is 0.0114. The van der Waals surface area contributed by atoms with E-state index in [-0.39, 0.29) is 5.91 Å². The molecule has 25 heavy (non-hydrogen) atoms. The topological polar surface area (TPSA) is 63.3 Å². The summed E-state index contributed by atoms with van der Waals surface area (Å²) in [7, 11) is 3.20. The second kappa shape index (κ2) is 7.30. The van der Waals surface area contributed by atoms with Gasteiger partial charge in [-0.25, -0.2) is 0 Å². The van der Waals surface area contributed by atoms with Crippen molar-refractivity contribution in [3.8, 4) is 11.5 Å². The van der Waals surface area contributed by atoms with Crippen molar-refractivity contribution in [3.63, 3.8) is 0 Å². The van der Waals surface area contributed by atoms with Crippen LogP contribution in [-0.4, -0.2) is 25.1 Å². The van der Waals surface area contributed by atoms with Gasteiger partial charge in [0.25, 0.3) is 0 Å². The summed E-state index contributed by atoms with van der Waals surface area (Å²) in [6.45, 7) is 2.44. The number of para-hydroxylation sites is 1. The maximum Gasteiger partial charge on any atom is 0.224 e. The van der Waals surface area contributed by atoms with Gasteiger partial charge in [-0.05, 0) is 36.2 Å². The third-order valence-corrected chi connectivity index (χ3v) is 4.30. The number of carbonyl (C=O) groups excluding carboxylic acids is 1. The predicted molar refractivity (Wildman–Crippen MR) is 98.1 cm³/mol. The minimum Gasteiger partial charge on any atom is -0.493 e. The van der Waals surface area contributed by atoms with Gasteiger partial charge in [0.2, 0.25) is 5.91 Å². The lowest BCUT2D eigenvalue weighted by Gasteiger charge is -2.10. The SMILES string of the molecule is COc1ccc(CNC(=O)Cc2c(C)[nH]c3ccccc23)cc1OC. The van der Waals surface area contributed by atoms with Gasteiger partial charge in [-0.1, -0.05) is 24.3 Å². The molecule has 0 atom stereocenters. The Morgan fingerprint density at radius 2 is 1.84 bits per heavy atom. The van der Waals surface area contributed by atoms with Crippen LogP contribution in [0.4, 0.5) is 0 Å². The average Bonchev–Trinajstić information content (AvgIpc) is 2.95. The van der Waals surface area contributed by atoms with Crippen LogP contribution in [0.3, 0.4) is 0 Å². The Kier molecular flexibility index (Phi) is 4.93. The first kappa shape index (κ1) is 16.9. The molecule has 0 aliphatic rings. The molecule has 0 spiro atoms. The zero-order valence-corrected chi connectivity index (χ0v) is 14.7. The van der Waals surface area contributed by atoms with Gasteiger partial charge in [0.05, 0.1) is 20.6 Å². The number of rotatable bonds is 6. The highest BCUT2D eigenvalue weighted by atomic mass is 16.5. The van der Waals surface area contributed by atoms with Gasteiger partial charge in [0.1, 0.15) is 0 Å². The van der Waals surface area contributed by atoms with Gasteiger partial charge >= 0.3 is 0 Å². The second-order valence-electron chi connectivity index (χ2n) is 5.92. The van der Waals surface area contributed by atoms with Gasteiger partial charge in [0.15, 0.2) is 11.5 Å². The van der Waals surface area contributed by atoms with E-state index < -0.39 is 0 Å². The van der Waals surface area contributed by atoms with Crippen molar-refractivity contribution in [2.24, 2.45) is 0 Å². The Hall–Kier alpha value is -2.95. The number of fused-ring (bicyclic) bond motifs is 1. The van der Waals surface area contributed by atoms with Gasteiger partial charge in [-0.2, -0.15) is 0 Å². The van der Waals surface area contributed by atoms with Crippen molar-refractivity contribution in [1.82, 2.24) is 10.3 Å². The first-order valence-electron chi connectivity index (χ1n) is 8.16. The van der Waals surface area contributed by atoms with Gasteiger partial charge in [-0.15, -0.1) is 0 Å². The van der Waals surface area contributed by atoms with Crippen LogP contribution in [0.25, 0.3) is 10.9 Å². The van der Waals surface area contributed by atoms with E-state index in [1.54, 1.807) is 14.2 Å². The molecule has 2 aromatic carbocycles. The van der Waals surface area contributed by atoms with E-state index in [9.17, 15) is 4.79 Å². The van der Waals surface area contributed by atoms with Gasteiger partial charge in [0, 0.05) is 23.1 Å². The van der Waals surface area contributed by atoms with E-state index in [4.69, 9.17) is 9.47 Å². The number of hydrogen-bond acceptors (Lipinski definition) is 3. The number of carbonyl (C=O) groups is 1. The molecule has 3 rings (SSSR count). The highest BCUT2D eigenvalue weighted by Crippen LogP contribution is 2.27. The number of aromatic amines is 1. The fourth-order valence-corrected chi connectivity index (χ4v) is 2.98. The van der Waals surface area contributed by atoms with Crippen LogP contribution in [0.5, 0.6) is 11.5 Å². The highest BCUT2D eigenvalue weighted by molar-refractivity contribution is 5.90. The van der Waals surface area contributed by atoms with Crippen LogP contribution in [0.15, 0.2) is 42.5 Å². The van der Waals surface area contributed by atoms with Crippen LogP contribution in [0, 0.1) is 6.92 Å². The second-order valence-corrected chi connectivity index (χ2v) is 5.92. The number of hydrogen-bond donors (Lipinski definition) is 2. The van der Waals surface area contributed by atoms with Crippen LogP contribution in [-0.2, 0) is 17.8 Å². The van der Waals surface area contributed by atoms with Crippen molar-refractivity contribution < 1.29 is 14.3 Å². The Morgan fingerprint density at radius 3 is 2.60 bits per heavy atom. The summed E-state index contributed by atoms with van der Waals surface area (Å²) in [6.07, 6.45) is 0.350. The van der Waals surface area contributed by atoms with E-state index in [1.165, 1.54) is 0 Å².